The molecule has 19 heavy (non-hydrogen) atoms. The van der Waals surface area contributed by atoms with Crippen molar-refractivity contribution in [3.8, 4) is 0 Å². The highest BCUT2D eigenvalue weighted by atomic mass is 35.5. The van der Waals surface area contributed by atoms with Gasteiger partial charge < -0.3 is 5.32 Å². The van der Waals surface area contributed by atoms with Gasteiger partial charge >= 0.3 is 0 Å². The fourth-order valence-electron chi connectivity index (χ4n) is 2.61. The van der Waals surface area contributed by atoms with E-state index in [0.29, 0.717) is 6.04 Å². The zero-order valence-corrected chi connectivity index (χ0v) is 13.2. The van der Waals surface area contributed by atoms with Crippen LogP contribution in [0.3, 0.4) is 0 Å². The Labute approximate surface area is 126 Å². The van der Waals surface area contributed by atoms with Crippen LogP contribution in [0.1, 0.15) is 26.2 Å². The number of benzene rings is 1. The largest absolute Gasteiger partial charge is 0.359 e. The molecule has 102 valence electrons. The fourth-order valence-corrected chi connectivity index (χ4v) is 4.98. The number of fused-ring (bicyclic) bond motifs is 1. The Morgan fingerprint density at radius 1 is 1.47 bits per heavy atom. The smallest absolute Gasteiger partial charge is 0.184 e. The first-order valence-corrected chi connectivity index (χ1v) is 8.93. The van der Waals surface area contributed by atoms with Crippen molar-refractivity contribution in [1.82, 2.24) is 4.98 Å². The summed E-state index contributed by atoms with van der Waals surface area (Å²) in [5.74, 6) is 1.22. The number of aromatic nitrogens is 1. The van der Waals surface area contributed by atoms with E-state index in [0.717, 1.165) is 25.6 Å². The van der Waals surface area contributed by atoms with Gasteiger partial charge in [-0.1, -0.05) is 35.9 Å². The van der Waals surface area contributed by atoms with Crippen molar-refractivity contribution in [2.75, 3.05) is 11.1 Å². The Hall–Kier alpha value is -0.450. The molecule has 3 rings (SSSR count). The predicted octanol–water partition coefficient (Wildman–Crippen LogP) is 5.04. The number of rotatable bonds is 4. The minimum atomic E-state index is 0.573. The molecule has 2 unspecified atom stereocenters. The van der Waals surface area contributed by atoms with Gasteiger partial charge in [0.25, 0.3) is 0 Å². The van der Waals surface area contributed by atoms with E-state index in [1.807, 2.05) is 18.2 Å². The third kappa shape index (κ3) is 3.01. The standard InChI is InChI=1S/C14H17ClN2S2/c1-2-18-10-7-6-9(8-10)16-14-17-12-5-3-4-11(15)13(12)19-14/h3-5,9-10H,2,6-8H2,1H3,(H,16,17). The summed E-state index contributed by atoms with van der Waals surface area (Å²) in [6.45, 7) is 2.24. The number of hydrogen-bond acceptors (Lipinski definition) is 4. The summed E-state index contributed by atoms with van der Waals surface area (Å²) < 4.78 is 1.09. The van der Waals surface area contributed by atoms with E-state index < -0.39 is 0 Å². The zero-order chi connectivity index (χ0) is 13.2. The number of hydrogen-bond donors (Lipinski definition) is 1. The van der Waals surface area contributed by atoms with Crippen LogP contribution in [0.4, 0.5) is 5.13 Å². The first-order valence-electron chi connectivity index (χ1n) is 6.69. The molecule has 1 heterocycles. The van der Waals surface area contributed by atoms with Crippen LogP contribution < -0.4 is 5.32 Å². The Bertz CT molecular complexity index is 570. The molecule has 0 aliphatic heterocycles. The van der Waals surface area contributed by atoms with Crippen LogP contribution in [0.15, 0.2) is 18.2 Å². The van der Waals surface area contributed by atoms with Gasteiger partial charge in [-0.15, -0.1) is 0 Å². The molecule has 1 aromatic carbocycles. The van der Waals surface area contributed by atoms with Crippen LogP contribution in [0.2, 0.25) is 5.02 Å². The normalized spacial score (nSPS) is 23.1. The molecular weight excluding hydrogens is 296 g/mol. The lowest BCUT2D eigenvalue weighted by molar-refractivity contribution is 0.756. The van der Waals surface area contributed by atoms with E-state index in [9.17, 15) is 0 Å². The number of nitrogens with one attached hydrogen (secondary N) is 1. The monoisotopic (exact) mass is 312 g/mol. The van der Waals surface area contributed by atoms with Gasteiger partial charge in [0.15, 0.2) is 5.13 Å². The van der Waals surface area contributed by atoms with Crippen LogP contribution >= 0.6 is 34.7 Å². The topological polar surface area (TPSA) is 24.9 Å². The third-order valence-corrected chi connectivity index (χ3v) is 6.18. The maximum Gasteiger partial charge on any atom is 0.184 e. The molecule has 5 heteroatoms. The summed E-state index contributed by atoms with van der Waals surface area (Å²) in [5, 5.41) is 6.21. The highest BCUT2D eigenvalue weighted by Crippen LogP contribution is 2.35. The summed E-state index contributed by atoms with van der Waals surface area (Å²) in [7, 11) is 0. The average molecular weight is 313 g/mol. The molecule has 1 saturated carbocycles. The predicted molar refractivity (Wildman–Crippen MR) is 87.8 cm³/mol. The molecule has 1 fully saturated rings. The molecule has 1 aromatic heterocycles. The Kier molecular flexibility index (Phi) is 4.20. The van der Waals surface area contributed by atoms with Crippen molar-refractivity contribution >= 4 is 50.0 Å². The third-order valence-electron chi connectivity index (χ3n) is 3.48. The average Bonchev–Trinajstić information content (AvgIpc) is 2.98. The second-order valence-corrected chi connectivity index (χ2v) is 7.82. The van der Waals surface area contributed by atoms with E-state index in [2.05, 4.69) is 29.0 Å². The molecule has 0 amide bonds. The van der Waals surface area contributed by atoms with Crippen LogP contribution in [0.25, 0.3) is 10.2 Å². The Balaban J connectivity index is 1.70. The number of thioether (sulfide) groups is 1. The van der Waals surface area contributed by atoms with Gasteiger partial charge in [0.1, 0.15) is 0 Å². The first-order chi connectivity index (χ1) is 9.26. The van der Waals surface area contributed by atoms with Gasteiger partial charge in [-0.2, -0.15) is 11.8 Å². The van der Waals surface area contributed by atoms with Crippen LogP contribution in [0.5, 0.6) is 0 Å². The van der Waals surface area contributed by atoms with E-state index in [4.69, 9.17) is 11.6 Å². The zero-order valence-electron chi connectivity index (χ0n) is 10.9. The Morgan fingerprint density at radius 3 is 3.16 bits per heavy atom. The van der Waals surface area contributed by atoms with Crippen LogP contribution in [-0.2, 0) is 0 Å². The molecule has 1 N–H and O–H groups in total. The second kappa shape index (κ2) is 5.90. The van der Waals surface area contributed by atoms with Crippen LogP contribution in [-0.4, -0.2) is 22.0 Å². The van der Waals surface area contributed by atoms with Gasteiger partial charge in [0.05, 0.1) is 15.2 Å². The van der Waals surface area contributed by atoms with Crippen molar-refractivity contribution in [3.63, 3.8) is 0 Å². The van der Waals surface area contributed by atoms with Crippen molar-refractivity contribution in [2.45, 2.75) is 37.5 Å². The molecule has 0 saturated heterocycles. The molecule has 1 aliphatic rings. The fraction of sp³-hybridized carbons (Fsp3) is 0.500. The van der Waals surface area contributed by atoms with Gasteiger partial charge in [-0.25, -0.2) is 4.98 Å². The number of nitrogens with zero attached hydrogens (tertiary/aromatic N) is 1. The molecular formula is C14H17ClN2S2. The van der Waals surface area contributed by atoms with Crippen molar-refractivity contribution < 1.29 is 0 Å². The second-order valence-electron chi connectivity index (χ2n) is 4.84. The number of thiazole rings is 1. The lowest BCUT2D eigenvalue weighted by Crippen LogP contribution is -2.15. The quantitative estimate of drug-likeness (QED) is 0.856. The molecule has 2 nitrogen and oxygen atoms in total. The SMILES string of the molecule is CCSC1CCC(Nc2nc3cccc(Cl)c3s2)C1. The van der Waals surface area contributed by atoms with Crippen LogP contribution in [0, 0.1) is 0 Å². The highest BCUT2D eigenvalue weighted by molar-refractivity contribution is 7.99. The van der Waals surface area contributed by atoms with Crippen molar-refractivity contribution in [2.24, 2.45) is 0 Å². The summed E-state index contributed by atoms with van der Waals surface area (Å²) in [6.07, 6.45) is 3.82. The molecule has 0 bridgehead atoms. The van der Waals surface area contributed by atoms with E-state index in [1.165, 1.54) is 25.0 Å². The van der Waals surface area contributed by atoms with E-state index in [1.54, 1.807) is 11.3 Å². The summed E-state index contributed by atoms with van der Waals surface area (Å²) in [6, 6.07) is 6.48. The highest BCUT2D eigenvalue weighted by Gasteiger charge is 2.25. The van der Waals surface area contributed by atoms with Crippen molar-refractivity contribution in [3.05, 3.63) is 23.2 Å². The maximum absolute atomic E-state index is 6.19. The number of anilines is 1. The molecule has 2 aromatic rings. The van der Waals surface area contributed by atoms with E-state index in [-0.39, 0.29) is 0 Å². The summed E-state index contributed by atoms with van der Waals surface area (Å²) in [4.78, 5) is 4.62. The molecule has 0 radical (unpaired) electrons. The summed E-state index contributed by atoms with van der Waals surface area (Å²) in [5.41, 5.74) is 0.998. The van der Waals surface area contributed by atoms with Gasteiger partial charge in [-0.05, 0) is 37.1 Å². The molecule has 1 aliphatic carbocycles. The van der Waals surface area contributed by atoms with Gasteiger partial charge in [0, 0.05) is 11.3 Å². The minimum absolute atomic E-state index is 0.573. The summed E-state index contributed by atoms with van der Waals surface area (Å²) >= 11 is 9.94. The first kappa shape index (κ1) is 13.5. The minimum Gasteiger partial charge on any atom is -0.359 e. The van der Waals surface area contributed by atoms with Gasteiger partial charge in [0.2, 0.25) is 0 Å². The van der Waals surface area contributed by atoms with E-state index >= 15 is 0 Å². The Morgan fingerprint density at radius 2 is 2.37 bits per heavy atom. The van der Waals surface area contributed by atoms with Gasteiger partial charge in [-0.3, -0.25) is 0 Å². The number of halogens is 1. The molecule has 2 atom stereocenters. The maximum atomic E-state index is 6.19. The lowest BCUT2D eigenvalue weighted by Gasteiger charge is -2.11. The molecule has 0 spiro atoms. The lowest BCUT2D eigenvalue weighted by atomic mass is 10.3. The van der Waals surface area contributed by atoms with Crippen molar-refractivity contribution in [1.29, 1.82) is 0 Å².